The molecule has 100 valence electrons. The summed E-state index contributed by atoms with van der Waals surface area (Å²) in [6.07, 6.45) is -1.13. The van der Waals surface area contributed by atoms with Crippen LogP contribution in [0.15, 0.2) is 16.6 Å². The van der Waals surface area contributed by atoms with Crippen molar-refractivity contribution in [2.75, 3.05) is 20.2 Å². The Morgan fingerprint density at radius 1 is 1.50 bits per heavy atom. The second-order valence-electron chi connectivity index (χ2n) is 3.77. The van der Waals surface area contributed by atoms with Gasteiger partial charge < -0.3 is 15.1 Å². The number of hydrogen-bond donors (Lipinski definition) is 2. The molecule has 1 rings (SSSR count). The number of carbonyl (C=O) groups is 1. The van der Waals surface area contributed by atoms with E-state index in [4.69, 9.17) is 5.11 Å². The molecule has 7 heteroatoms. The van der Waals surface area contributed by atoms with Crippen molar-refractivity contribution < 1.29 is 23.8 Å². The average molecular weight is 324 g/mol. The van der Waals surface area contributed by atoms with Crippen molar-refractivity contribution in [3.63, 3.8) is 0 Å². The van der Waals surface area contributed by atoms with E-state index in [2.05, 4.69) is 15.9 Å². The molecule has 0 aromatic heterocycles. The summed E-state index contributed by atoms with van der Waals surface area (Å²) in [6.45, 7) is -0.699. The maximum absolute atomic E-state index is 13.6. The Labute approximate surface area is 111 Å². The largest absolute Gasteiger partial charge is 0.394 e. The van der Waals surface area contributed by atoms with Crippen LogP contribution in [0.25, 0.3) is 0 Å². The minimum atomic E-state index is -1.13. The summed E-state index contributed by atoms with van der Waals surface area (Å²) in [5.74, 6) is -2.39. The van der Waals surface area contributed by atoms with Crippen molar-refractivity contribution >= 4 is 21.8 Å². The van der Waals surface area contributed by atoms with Crippen molar-refractivity contribution in [3.05, 3.63) is 33.8 Å². The number of aliphatic hydroxyl groups excluding tert-OH is 2. The van der Waals surface area contributed by atoms with Gasteiger partial charge in [-0.1, -0.05) is 0 Å². The van der Waals surface area contributed by atoms with Crippen LogP contribution in [0.2, 0.25) is 0 Å². The molecule has 0 fully saturated rings. The van der Waals surface area contributed by atoms with E-state index in [9.17, 15) is 18.7 Å². The highest BCUT2D eigenvalue weighted by Gasteiger charge is 2.21. The zero-order valence-electron chi connectivity index (χ0n) is 9.53. The van der Waals surface area contributed by atoms with E-state index in [0.29, 0.717) is 0 Å². The summed E-state index contributed by atoms with van der Waals surface area (Å²) in [6, 6.07) is 1.69. The summed E-state index contributed by atoms with van der Waals surface area (Å²) in [7, 11) is 1.32. The molecule has 0 unspecified atom stereocenters. The van der Waals surface area contributed by atoms with Gasteiger partial charge >= 0.3 is 0 Å². The third-order valence-electron chi connectivity index (χ3n) is 2.27. The van der Waals surface area contributed by atoms with Crippen LogP contribution in [0.4, 0.5) is 8.78 Å². The van der Waals surface area contributed by atoms with Crippen LogP contribution in [0, 0.1) is 11.6 Å². The van der Waals surface area contributed by atoms with Gasteiger partial charge in [-0.25, -0.2) is 8.78 Å². The highest BCUT2D eigenvalue weighted by Crippen LogP contribution is 2.21. The molecule has 1 amide bonds. The molecule has 1 atom stereocenters. The number of nitrogens with zero attached hydrogens (tertiary/aromatic N) is 1. The molecule has 18 heavy (non-hydrogen) atoms. The quantitative estimate of drug-likeness (QED) is 0.817. The molecule has 0 spiro atoms. The predicted octanol–water partition coefficient (Wildman–Crippen LogP) is 1.15. The molecule has 0 saturated heterocycles. The molecule has 2 N–H and O–H groups in total. The Morgan fingerprint density at radius 3 is 2.67 bits per heavy atom. The molecule has 0 aliphatic rings. The highest BCUT2D eigenvalue weighted by atomic mass is 79.9. The summed E-state index contributed by atoms with van der Waals surface area (Å²) >= 11 is 2.80. The maximum Gasteiger partial charge on any atom is 0.256 e. The first kappa shape index (κ1) is 15.0. The first-order chi connectivity index (χ1) is 8.36. The van der Waals surface area contributed by atoms with Crippen molar-refractivity contribution in [2.45, 2.75) is 6.10 Å². The average Bonchev–Trinajstić information content (AvgIpc) is 2.32. The van der Waals surface area contributed by atoms with Gasteiger partial charge in [0.15, 0.2) is 0 Å². The third-order valence-corrected chi connectivity index (χ3v) is 2.84. The molecule has 1 aromatic carbocycles. The minimum Gasteiger partial charge on any atom is -0.394 e. The normalized spacial score (nSPS) is 12.3. The lowest BCUT2D eigenvalue weighted by atomic mass is 10.1. The van der Waals surface area contributed by atoms with E-state index in [1.807, 2.05) is 0 Å². The lowest BCUT2D eigenvalue weighted by Gasteiger charge is -2.20. The van der Waals surface area contributed by atoms with Crippen molar-refractivity contribution in [2.24, 2.45) is 0 Å². The van der Waals surface area contributed by atoms with Crippen LogP contribution >= 0.6 is 15.9 Å². The van der Waals surface area contributed by atoms with E-state index in [1.54, 1.807) is 0 Å². The molecular formula is C11H12BrF2NO3. The van der Waals surface area contributed by atoms with Crippen molar-refractivity contribution in [1.82, 2.24) is 4.90 Å². The fourth-order valence-electron chi connectivity index (χ4n) is 1.37. The number of rotatable bonds is 4. The Hall–Kier alpha value is -1.05. The van der Waals surface area contributed by atoms with E-state index in [1.165, 1.54) is 7.05 Å². The molecule has 0 bridgehead atoms. The van der Waals surface area contributed by atoms with Gasteiger partial charge in [0.1, 0.15) is 11.6 Å². The molecule has 0 aliphatic heterocycles. The topological polar surface area (TPSA) is 60.8 Å². The van der Waals surface area contributed by atoms with Gasteiger partial charge in [0.25, 0.3) is 5.91 Å². The van der Waals surface area contributed by atoms with Crippen LogP contribution in [0.5, 0.6) is 0 Å². The van der Waals surface area contributed by atoms with E-state index in [-0.39, 0.29) is 11.0 Å². The second-order valence-corrected chi connectivity index (χ2v) is 4.63. The molecule has 0 saturated carbocycles. The van der Waals surface area contributed by atoms with Gasteiger partial charge in [-0.3, -0.25) is 4.79 Å². The smallest absolute Gasteiger partial charge is 0.256 e. The van der Waals surface area contributed by atoms with Gasteiger partial charge in [-0.05, 0) is 28.1 Å². The Bertz CT molecular complexity index is 456. The first-order valence-electron chi connectivity index (χ1n) is 5.05. The maximum atomic E-state index is 13.6. The summed E-state index contributed by atoms with van der Waals surface area (Å²) < 4.78 is 26.6. The third kappa shape index (κ3) is 3.47. The van der Waals surface area contributed by atoms with Gasteiger partial charge in [-0.15, -0.1) is 0 Å². The van der Waals surface area contributed by atoms with Gasteiger partial charge in [0, 0.05) is 13.6 Å². The molecule has 0 heterocycles. The lowest BCUT2D eigenvalue weighted by Crippen LogP contribution is -2.36. The summed E-state index contributed by atoms with van der Waals surface area (Å²) in [5, 5.41) is 17.8. The number of halogens is 3. The molecule has 4 nitrogen and oxygen atoms in total. The Morgan fingerprint density at radius 2 is 2.11 bits per heavy atom. The minimum absolute atomic E-state index is 0.151. The van der Waals surface area contributed by atoms with Crippen LogP contribution in [0.3, 0.4) is 0 Å². The summed E-state index contributed by atoms with van der Waals surface area (Å²) in [4.78, 5) is 12.8. The van der Waals surface area contributed by atoms with Crippen LogP contribution in [0.1, 0.15) is 10.4 Å². The van der Waals surface area contributed by atoms with Gasteiger partial charge in [-0.2, -0.15) is 0 Å². The molecular weight excluding hydrogens is 312 g/mol. The second kappa shape index (κ2) is 6.21. The number of aliphatic hydroxyl groups is 2. The van der Waals surface area contributed by atoms with Gasteiger partial charge in [0.2, 0.25) is 0 Å². The van der Waals surface area contributed by atoms with E-state index in [0.717, 1.165) is 17.0 Å². The summed E-state index contributed by atoms with van der Waals surface area (Å²) in [5.41, 5.74) is -0.436. The molecule has 0 radical (unpaired) electrons. The predicted molar refractivity (Wildman–Crippen MR) is 64.1 cm³/mol. The zero-order valence-corrected chi connectivity index (χ0v) is 11.1. The number of carbonyl (C=O) groups excluding carboxylic acids is 1. The zero-order chi connectivity index (χ0) is 13.9. The van der Waals surface area contributed by atoms with Gasteiger partial charge in [0.05, 0.1) is 22.7 Å². The fraction of sp³-hybridized carbons (Fsp3) is 0.364. The Kier molecular flexibility index (Phi) is 5.18. The highest BCUT2D eigenvalue weighted by molar-refractivity contribution is 9.10. The number of likely N-dealkylation sites (N-methyl/N-ethyl adjacent to an activating group) is 1. The first-order valence-corrected chi connectivity index (χ1v) is 5.85. The standard InChI is InChI=1S/C11H12BrF2NO3/c1-15(4-7(17)5-16)11(18)8-2-6(13)3-9(12)10(8)14/h2-3,7,16-17H,4-5H2,1H3/t7-/m0/s1. The number of hydrogen-bond acceptors (Lipinski definition) is 3. The Balaban J connectivity index is 2.97. The molecule has 0 aliphatic carbocycles. The SMILES string of the molecule is CN(C[C@H](O)CO)C(=O)c1cc(F)cc(Br)c1F. The molecule has 1 aromatic rings. The van der Waals surface area contributed by atoms with E-state index >= 15 is 0 Å². The fourth-order valence-corrected chi connectivity index (χ4v) is 1.81. The van der Waals surface area contributed by atoms with Crippen molar-refractivity contribution in [1.29, 1.82) is 0 Å². The van der Waals surface area contributed by atoms with Crippen molar-refractivity contribution in [3.8, 4) is 0 Å². The monoisotopic (exact) mass is 323 g/mol. The van der Waals surface area contributed by atoms with Crippen LogP contribution in [-0.2, 0) is 0 Å². The lowest BCUT2D eigenvalue weighted by molar-refractivity contribution is 0.0517. The number of amides is 1. The number of benzene rings is 1. The van der Waals surface area contributed by atoms with Crippen LogP contribution < -0.4 is 0 Å². The van der Waals surface area contributed by atoms with Crippen LogP contribution in [-0.4, -0.2) is 47.3 Å². The van der Waals surface area contributed by atoms with E-state index < -0.39 is 35.8 Å².